The molecule has 19 heavy (non-hydrogen) atoms. The lowest BCUT2D eigenvalue weighted by atomic mass is 9.98. The first-order valence-corrected chi connectivity index (χ1v) is 7.80. The number of nitrogens with zero attached hydrogens (tertiary/aromatic N) is 1. The average Bonchev–Trinajstić information content (AvgIpc) is 2.85. The van der Waals surface area contributed by atoms with Crippen LogP contribution in [0.1, 0.15) is 22.5 Å². The standard InChI is InChI=1S/C12H15F2NO2S2/c13-12(14)19-9-3-6-18-10(9)11(17)15-4-1-8(7-16)2-5-15/h3,6,8,12,16H,1-2,4-5,7H2. The topological polar surface area (TPSA) is 40.5 Å². The molecule has 2 heterocycles. The molecule has 0 aromatic carbocycles. The third-order valence-electron chi connectivity index (χ3n) is 3.20. The number of likely N-dealkylation sites (tertiary alicyclic amines) is 1. The van der Waals surface area contributed by atoms with Gasteiger partial charge in [-0.05, 0) is 30.2 Å². The van der Waals surface area contributed by atoms with E-state index in [-0.39, 0.29) is 18.4 Å². The van der Waals surface area contributed by atoms with Crippen molar-refractivity contribution in [2.75, 3.05) is 19.7 Å². The zero-order chi connectivity index (χ0) is 13.8. The van der Waals surface area contributed by atoms with Crippen LogP contribution >= 0.6 is 23.1 Å². The maximum atomic E-state index is 12.4. The quantitative estimate of drug-likeness (QED) is 0.870. The minimum absolute atomic E-state index is 0.146. The Balaban J connectivity index is 2.02. The van der Waals surface area contributed by atoms with E-state index in [9.17, 15) is 13.6 Å². The summed E-state index contributed by atoms with van der Waals surface area (Å²) >= 11 is 1.62. The van der Waals surface area contributed by atoms with Crippen molar-refractivity contribution in [3.63, 3.8) is 0 Å². The van der Waals surface area contributed by atoms with Gasteiger partial charge in [0.15, 0.2) is 0 Å². The normalized spacial score (nSPS) is 17.2. The summed E-state index contributed by atoms with van der Waals surface area (Å²) < 4.78 is 24.8. The van der Waals surface area contributed by atoms with Crippen molar-refractivity contribution in [1.29, 1.82) is 0 Å². The molecule has 0 radical (unpaired) electrons. The van der Waals surface area contributed by atoms with Gasteiger partial charge in [-0.3, -0.25) is 4.79 Å². The third-order valence-corrected chi connectivity index (χ3v) is 5.00. The molecule has 1 saturated heterocycles. The Labute approximate surface area is 118 Å². The Bertz CT molecular complexity index is 431. The smallest absolute Gasteiger partial charge is 0.288 e. The number of carbonyl (C=O) groups excluding carboxylic acids is 1. The molecule has 0 bridgehead atoms. The minimum atomic E-state index is -2.51. The van der Waals surface area contributed by atoms with Crippen molar-refractivity contribution < 1.29 is 18.7 Å². The highest BCUT2D eigenvalue weighted by Crippen LogP contribution is 2.33. The molecule has 7 heteroatoms. The maximum absolute atomic E-state index is 12.4. The molecule has 1 aliphatic rings. The van der Waals surface area contributed by atoms with Crippen LogP contribution in [-0.2, 0) is 0 Å². The van der Waals surface area contributed by atoms with Gasteiger partial charge >= 0.3 is 0 Å². The number of thiophene rings is 1. The molecule has 1 N–H and O–H groups in total. The molecule has 0 saturated carbocycles. The van der Waals surface area contributed by atoms with Gasteiger partial charge in [0.1, 0.15) is 4.88 Å². The van der Waals surface area contributed by atoms with Crippen molar-refractivity contribution in [3.8, 4) is 0 Å². The Kier molecular flexibility index (Phi) is 5.18. The Morgan fingerprint density at radius 3 is 2.79 bits per heavy atom. The first-order valence-electron chi connectivity index (χ1n) is 6.04. The van der Waals surface area contributed by atoms with Gasteiger partial charge in [-0.15, -0.1) is 11.3 Å². The van der Waals surface area contributed by atoms with Crippen LogP contribution in [0.15, 0.2) is 16.3 Å². The first kappa shape index (κ1) is 14.7. The number of aliphatic hydroxyl groups is 1. The third kappa shape index (κ3) is 3.67. The van der Waals surface area contributed by atoms with Gasteiger partial charge in [-0.1, -0.05) is 11.8 Å². The molecule has 1 aliphatic heterocycles. The number of hydrogen-bond donors (Lipinski definition) is 1. The minimum Gasteiger partial charge on any atom is -0.396 e. The summed E-state index contributed by atoms with van der Waals surface area (Å²) in [6.07, 6.45) is 1.54. The zero-order valence-corrected chi connectivity index (χ0v) is 11.9. The van der Waals surface area contributed by atoms with Crippen molar-refractivity contribution in [2.24, 2.45) is 5.92 Å². The van der Waals surface area contributed by atoms with Gasteiger partial charge in [0.2, 0.25) is 0 Å². The number of rotatable bonds is 4. The lowest BCUT2D eigenvalue weighted by Gasteiger charge is -2.31. The summed E-state index contributed by atoms with van der Waals surface area (Å²) in [6, 6.07) is 1.56. The van der Waals surface area contributed by atoms with Crippen molar-refractivity contribution in [1.82, 2.24) is 4.90 Å². The van der Waals surface area contributed by atoms with E-state index in [1.165, 1.54) is 11.3 Å². The molecular formula is C12H15F2NO2S2. The summed E-state index contributed by atoms with van der Waals surface area (Å²) in [4.78, 5) is 14.7. The lowest BCUT2D eigenvalue weighted by Crippen LogP contribution is -2.39. The van der Waals surface area contributed by atoms with E-state index in [1.807, 2.05) is 0 Å². The van der Waals surface area contributed by atoms with E-state index >= 15 is 0 Å². The molecule has 3 nitrogen and oxygen atoms in total. The van der Waals surface area contributed by atoms with Gasteiger partial charge in [0, 0.05) is 24.6 Å². The molecule has 0 spiro atoms. The predicted octanol–water partition coefficient (Wildman–Crippen LogP) is 2.91. The van der Waals surface area contributed by atoms with Crippen LogP contribution in [0.3, 0.4) is 0 Å². The fourth-order valence-corrected chi connectivity index (χ4v) is 3.77. The Morgan fingerprint density at radius 2 is 2.21 bits per heavy atom. The number of amides is 1. The number of thioether (sulfide) groups is 1. The van der Waals surface area contributed by atoms with Crippen LogP contribution in [0.2, 0.25) is 0 Å². The number of halogens is 2. The van der Waals surface area contributed by atoms with E-state index < -0.39 is 5.76 Å². The number of aliphatic hydroxyl groups excluding tert-OH is 1. The Morgan fingerprint density at radius 1 is 1.53 bits per heavy atom. The summed E-state index contributed by atoms with van der Waals surface area (Å²) in [6.45, 7) is 1.31. The van der Waals surface area contributed by atoms with Crippen LogP contribution in [-0.4, -0.2) is 41.4 Å². The molecule has 0 unspecified atom stereocenters. The van der Waals surface area contributed by atoms with Crippen LogP contribution in [0.25, 0.3) is 0 Å². The van der Waals surface area contributed by atoms with Crippen molar-refractivity contribution in [3.05, 3.63) is 16.3 Å². The fraction of sp³-hybridized carbons (Fsp3) is 0.583. The summed E-state index contributed by atoms with van der Waals surface area (Å²) in [5.41, 5.74) is 0. The maximum Gasteiger partial charge on any atom is 0.288 e. The second-order valence-electron chi connectivity index (χ2n) is 4.41. The molecule has 1 aromatic heterocycles. The van der Waals surface area contributed by atoms with Crippen molar-refractivity contribution >= 4 is 29.0 Å². The molecular weight excluding hydrogens is 292 g/mol. The number of alkyl halides is 2. The second-order valence-corrected chi connectivity index (χ2v) is 6.36. The molecule has 2 rings (SSSR count). The number of carbonyl (C=O) groups is 1. The number of piperidine rings is 1. The molecule has 0 atom stereocenters. The highest BCUT2D eigenvalue weighted by atomic mass is 32.2. The van der Waals surface area contributed by atoms with Crippen molar-refractivity contribution in [2.45, 2.75) is 23.5 Å². The molecule has 1 amide bonds. The van der Waals surface area contributed by atoms with Crippen LogP contribution in [0.4, 0.5) is 8.78 Å². The van der Waals surface area contributed by atoms with E-state index in [4.69, 9.17) is 5.11 Å². The first-order chi connectivity index (χ1) is 9.11. The fourth-order valence-electron chi connectivity index (χ4n) is 2.10. The molecule has 0 aliphatic carbocycles. The highest BCUT2D eigenvalue weighted by molar-refractivity contribution is 7.99. The van der Waals surface area contributed by atoms with Gasteiger partial charge < -0.3 is 10.0 Å². The van der Waals surface area contributed by atoms with E-state index in [2.05, 4.69) is 0 Å². The highest BCUT2D eigenvalue weighted by Gasteiger charge is 2.26. The lowest BCUT2D eigenvalue weighted by molar-refractivity contribution is 0.0652. The molecule has 1 aromatic rings. The van der Waals surface area contributed by atoms with Gasteiger partial charge in [-0.2, -0.15) is 8.78 Å². The number of hydrogen-bond acceptors (Lipinski definition) is 4. The SMILES string of the molecule is O=C(c1sccc1SC(F)F)N1CCC(CO)CC1. The average molecular weight is 307 g/mol. The largest absolute Gasteiger partial charge is 0.396 e. The Hall–Kier alpha value is -0.660. The summed E-state index contributed by atoms with van der Waals surface area (Å²) in [7, 11) is 0. The molecule has 1 fully saturated rings. The monoisotopic (exact) mass is 307 g/mol. The van der Waals surface area contributed by atoms with Gasteiger partial charge in [0.05, 0.1) is 0 Å². The summed E-state index contributed by atoms with van der Waals surface area (Å²) in [5.74, 6) is -2.43. The van der Waals surface area contributed by atoms with E-state index in [1.54, 1.807) is 16.3 Å². The summed E-state index contributed by atoms with van der Waals surface area (Å²) in [5, 5.41) is 10.7. The van der Waals surface area contributed by atoms with Crippen LogP contribution in [0.5, 0.6) is 0 Å². The second kappa shape index (κ2) is 6.67. The zero-order valence-electron chi connectivity index (χ0n) is 10.2. The predicted molar refractivity (Wildman–Crippen MR) is 71.9 cm³/mol. The van der Waals surface area contributed by atoms with Crippen LogP contribution in [0, 0.1) is 5.92 Å². The van der Waals surface area contributed by atoms with E-state index in [0.717, 1.165) is 12.8 Å². The van der Waals surface area contributed by atoms with Gasteiger partial charge in [0.25, 0.3) is 11.7 Å². The van der Waals surface area contributed by atoms with Crippen LogP contribution < -0.4 is 0 Å². The van der Waals surface area contributed by atoms with E-state index in [0.29, 0.717) is 34.6 Å². The molecule has 106 valence electrons. The van der Waals surface area contributed by atoms with Gasteiger partial charge in [-0.25, -0.2) is 0 Å².